The number of imidazole rings is 1. The van der Waals surface area contributed by atoms with Crippen LogP contribution in [0.1, 0.15) is 6.42 Å². The molecule has 0 radical (unpaired) electrons. The van der Waals surface area contributed by atoms with Crippen LogP contribution in [0.4, 0.5) is 5.95 Å². The van der Waals surface area contributed by atoms with Gasteiger partial charge >= 0.3 is 0 Å². The summed E-state index contributed by atoms with van der Waals surface area (Å²) in [4.78, 5) is 14.7. The van der Waals surface area contributed by atoms with Crippen LogP contribution in [0, 0.1) is 0 Å². The van der Waals surface area contributed by atoms with Gasteiger partial charge in [0.15, 0.2) is 4.96 Å². The fourth-order valence-corrected chi connectivity index (χ4v) is 5.77. The first-order valence-electron chi connectivity index (χ1n) is 10.5. The minimum atomic E-state index is -3.40. The maximum Gasteiger partial charge on any atom is 0.279 e. The third-order valence-corrected chi connectivity index (χ3v) is 7.73. The SMILES string of the molecule is COc1cccc(-c2nc3sccn3c2-c2ccnc(NCCN3CCCNS3(=O)=O)n2)c1. The van der Waals surface area contributed by atoms with Crippen LogP contribution in [-0.4, -0.2) is 65.4 Å². The summed E-state index contributed by atoms with van der Waals surface area (Å²) in [7, 11) is -1.76. The minimum Gasteiger partial charge on any atom is -0.497 e. The number of benzene rings is 1. The molecular formula is C21H23N7O3S2. The molecule has 1 fully saturated rings. The molecular weight excluding hydrogens is 462 g/mol. The van der Waals surface area contributed by atoms with Gasteiger partial charge in [0.1, 0.15) is 11.4 Å². The zero-order valence-electron chi connectivity index (χ0n) is 17.9. The molecule has 0 unspecified atom stereocenters. The van der Waals surface area contributed by atoms with E-state index >= 15 is 0 Å². The number of fused-ring (bicyclic) bond motifs is 1. The van der Waals surface area contributed by atoms with E-state index in [1.54, 1.807) is 24.6 Å². The van der Waals surface area contributed by atoms with E-state index in [0.29, 0.717) is 37.8 Å². The molecule has 1 aromatic carbocycles. The summed E-state index contributed by atoms with van der Waals surface area (Å²) < 4.78 is 35.6. The Morgan fingerprint density at radius 2 is 2.18 bits per heavy atom. The average Bonchev–Trinajstić information content (AvgIpc) is 3.42. The predicted octanol–water partition coefficient (Wildman–Crippen LogP) is 2.48. The Morgan fingerprint density at radius 3 is 3.03 bits per heavy atom. The van der Waals surface area contributed by atoms with Crippen LogP contribution >= 0.6 is 11.3 Å². The molecule has 172 valence electrons. The Morgan fingerprint density at radius 1 is 1.27 bits per heavy atom. The molecule has 12 heteroatoms. The fourth-order valence-electron chi connectivity index (χ4n) is 3.77. The molecule has 33 heavy (non-hydrogen) atoms. The van der Waals surface area contributed by atoms with E-state index in [4.69, 9.17) is 14.7 Å². The van der Waals surface area contributed by atoms with Crippen LogP contribution in [0.5, 0.6) is 5.75 Å². The highest BCUT2D eigenvalue weighted by molar-refractivity contribution is 7.87. The molecule has 5 rings (SSSR count). The number of thiazole rings is 1. The molecule has 10 nitrogen and oxygen atoms in total. The molecule has 0 spiro atoms. The standard InChI is InChI=1S/C21H23N7O3S2/c1-31-16-5-2-4-15(14-16)18-19(28-12-13-32-21(28)26-18)17-6-8-22-20(25-17)23-9-11-27-10-3-7-24-33(27,29)30/h2,4-6,8,12-14,24H,3,7,9-11H2,1H3,(H,22,23,25). The summed E-state index contributed by atoms with van der Waals surface area (Å²) >= 11 is 1.55. The zero-order valence-corrected chi connectivity index (χ0v) is 19.6. The van der Waals surface area contributed by atoms with Crippen molar-refractivity contribution in [2.75, 3.05) is 38.6 Å². The second-order valence-corrected chi connectivity index (χ2v) is 10.1. The largest absolute Gasteiger partial charge is 0.497 e. The third-order valence-electron chi connectivity index (χ3n) is 5.36. The molecule has 2 N–H and O–H groups in total. The quantitative estimate of drug-likeness (QED) is 0.413. The predicted molar refractivity (Wildman–Crippen MR) is 128 cm³/mol. The molecule has 4 aromatic rings. The number of nitrogens with zero attached hydrogens (tertiary/aromatic N) is 5. The number of methoxy groups -OCH3 is 1. The lowest BCUT2D eigenvalue weighted by atomic mass is 10.1. The van der Waals surface area contributed by atoms with Crippen molar-refractivity contribution >= 4 is 32.5 Å². The van der Waals surface area contributed by atoms with Crippen molar-refractivity contribution in [1.29, 1.82) is 0 Å². The van der Waals surface area contributed by atoms with Gasteiger partial charge in [-0.1, -0.05) is 12.1 Å². The first-order valence-corrected chi connectivity index (χ1v) is 12.8. The molecule has 0 atom stereocenters. The van der Waals surface area contributed by atoms with Crippen LogP contribution in [0.2, 0.25) is 0 Å². The van der Waals surface area contributed by atoms with Crippen molar-refractivity contribution < 1.29 is 13.2 Å². The molecule has 0 bridgehead atoms. The molecule has 4 heterocycles. The number of rotatable bonds is 7. The molecule has 3 aromatic heterocycles. The van der Waals surface area contributed by atoms with Crippen molar-refractivity contribution in [3.05, 3.63) is 48.1 Å². The van der Waals surface area contributed by atoms with Crippen LogP contribution < -0.4 is 14.8 Å². The average molecular weight is 486 g/mol. The fraction of sp³-hybridized carbons (Fsp3) is 0.286. The lowest BCUT2D eigenvalue weighted by Crippen LogP contribution is -2.48. The minimum absolute atomic E-state index is 0.333. The topological polar surface area (TPSA) is 114 Å². The van der Waals surface area contributed by atoms with Crippen LogP contribution in [0.25, 0.3) is 27.6 Å². The summed E-state index contributed by atoms with van der Waals surface area (Å²) in [6, 6.07) is 9.61. The van der Waals surface area contributed by atoms with E-state index in [-0.39, 0.29) is 0 Å². The molecule has 0 aliphatic carbocycles. The van der Waals surface area contributed by atoms with Gasteiger partial charge in [0.25, 0.3) is 10.2 Å². The van der Waals surface area contributed by atoms with Gasteiger partial charge in [-0.05, 0) is 24.6 Å². The number of aromatic nitrogens is 4. The Balaban J connectivity index is 1.42. The smallest absolute Gasteiger partial charge is 0.279 e. The van der Waals surface area contributed by atoms with Crippen molar-refractivity contribution in [3.8, 4) is 28.4 Å². The lowest BCUT2D eigenvalue weighted by Gasteiger charge is -2.26. The molecule has 0 amide bonds. The first kappa shape index (κ1) is 21.8. The maximum absolute atomic E-state index is 12.1. The normalized spacial score (nSPS) is 16.2. The highest BCUT2D eigenvalue weighted by atomic mass is 32.2. The summed E-state index contributed by atoms with van der Waals surface area (Å²) in [6.07, 6.45) is 4.44. The monoisotopic (exact) mass is 485 g/mol. The summed E-state index contributed by atoms with van der Waals surface area (Å²) in [5.41, 5.74) is 3.29. The van der Waals surface area contributed by atoms with Gasteiger partial charge in [0, 0.05) is 49.5 Å². The van der Waals surface area contributed by atoms with E-state index in [0.717, 1.165) is 34.1 Å². The van der Waals surface area contributed by atoms with Crippen molar-refractivity contribution in [2.24, 2.45) is 0 Å². The number of hydrogen-bond acceptors (Lipinski definition) is 8. The first-order chi connectivity index (χ1) is 16.0. The van der Waals surface area contributed by atoms with Crippen molar-refractivity contribution in [2.45, 2.75) is 6.42 Å². The van der Waals surface area contributed by atoms with Gasteiger partial charge in [0.05, 0.1) is 18.5 Å². The highest BCUT2D eigenvalue weighted by Crippen LogP contribution is 2.34. The van der Waals surface area contributed by atoms with Crippen LogP contribution in [-0.2, 0) is 10.2 Å². The van der Waals surface area contributed by atoms with Gasteiger partial charge in [-0.2, -0.15) is 12.7 Å². The van der Waals surface area contributed by atoms with E-state index in [9.17, 15) is 8.42 Å². The van der Waals surface area contributed by atoms with Crippen molar-refractivity contribution in [1.82, 2.24) is 28.4 Å². The number of nitrogens with one attached hydrogen (secondary N) is 2. The van der Waals surface area contributed by atoms with Gasteiger partial charge in [0.2, 0.25) is 5.95 Å². The Bertz CT molecular complexity index is 1380. The summed E-state index contributed by atoms with van der Waals surface area (Å²) in [5.74, 6) is 1.18. The highest BCUT2D eigenvalue weighted by Gasteiger charge is 2.24. The molecule has 1 saturated heterocycles. The van der Waals surface area contributed by atoms with E-state index in [1.165, 1.54) is 4.31 Å². The molecule has 1 aliphatic heterocycles. The number of anilines is 1. The van der Waals surface area contributed by atoms with Crippen LogP contribution in [0.3, 0.4) is 0 Å². The van der Waals surface area contributed by atoms with Gasteiger partial charge < -0.3 is 10.1 Å². The summed E-state index contributed by atoms with van der Waals surface area (Å²) in [6.45, 7) is 1.72. The van der Waals surface area contributed by atoms with E-state index < -0.39 is 10.2 Å². The Kier molecular flexibility index (Phi) is 5.98. The Hall–Kier alpha value is -3.06. The third kappa shape index (κ3) is 4.42. The van der Waals surface area contributed by atoms with Gasteiger partial charge in [-0.25, -0.2) is 19.7 Å². The molecule has 0 saturated carbocycles. The van der Waals surface area contributed by atoms with Crippen molar-refractivity contribution in [3.63, 3.8) is 0 Å². The molecule has 1 aliphatic rings. The Labute approximate surface area is 195 Å². The second kappa shape index (κ2) is 9.06. The second-order valence-electron chi connectivity index (χ2n) is 7.44. The van der Waals surface area contributed by atoms with Crippen LogP contribution in [0.15, 0.2) is 48.1 Å². The zero-order chi connectivity index (χ0) is 22.8. The lowest BCUT2D eigenvalue weighted by molar-refractivity contribution is 0.383. The van der Waals surface area contributed by atoms with E-state index in [2.05, 4.69) is 15.0 Å². The summed E-state index contributed by atoms with van der Waals surface area (Å²) in [5, 5.41) is 5.13. The van der Waals surface area contributed by atoms with Gasteiger partial charge in [-0.3, -0.25) is 4.40 Å². The van der Waals surface area contributed by atoms with Gasteiger partial charge in [-0.15, -0.1) is 11.3 Å². The maximum atomic E-state index is 12.1. The number of ether oxygens (including phenoxy) is 1. The van der Waals surface area contributed by atoms with E-state index in [1.807, 2.05) is 46.3 Å². The number of hydrogen-bond donors (Lipinski definition) is 2.